The van der Waals surface area contributed by atoms with Crippen LogP contribution in [0.25, 0.3) is 0 Å². The highest BCUT2D eigenvalue weighted by Crippen LogP contribution is 1.96. The van der Waals surface area contributed by atoms with E-state index in [2.05, 4.69) is 38.1 Å². The van der Waals surface area contributed by atoms with Gasteiger partial charge in [0.15, 0.2) is 0 Å². The van der Waals surface area contributed by atoms with Crippen molar-refractivity contribution in [2.45, 2.75) is 47.0 Å². The molecule has 0 aliphatic carbocycles. The Morgan fingerprint density at radius 2 is 0.957 bits per heavy atom. The van der Waals surface area contributed by atoms with Crippen molar-refractivity contribution < 1.29 is 9.59 Å². The molecule has 0 saturated carbocycles. The van der Waals surface area contributed by atoms with Crippen LogP contribution in [0.15, 0.2) is 60.7 Å². The molecule has 0 unspecified atom stereocenters. The van der Waals surface area contributed by atoms with Gasteiger partial charge in [-0.2, -0.15) is 0 Å². The molecule has 0 spiro atoms. The standard InChI is InChI=1S/C7H12O2.2C7H8/c1-6(8)4-3-5-7(2)9;2*1-7-5-3-2-4-6-7/h3-5H2,1-2H3;2*2-6H,1H3. The molecule has 0 bridgehead atoms. The molecule has 0 fully saturated rings. The van der Waals surface area contributed by atoms with Crippen LogP contribution in [0, 0.1) is 13.8 Å². The third-order valence-corrected chi connectivity index (χ3v) is 2.94. The molecule has 2 rings (SSSR count). The maximum atomic E-state index is 10.3. The van der Waals surface area contributed by atoms with Gasteiger partial charge in [-0.25, -0.2) is 0 Å². The van der Waals surface area contributed by atoms with Crippen molar-refractivity contribution in [3.05, 3.63) is 71.8 Å². The van der Waals surface area contributed by atoms with Crippen molar-refractivity contribution in [3.8, 4) is 0 Å². The Morgan fingerprint density at radius 3 is 1.13 bits per heavy atom. The average molecular weight is 312 g/mol. The quantitative estimate of drug-likeness (QED) is 0.765. The van der Waals surface area contributed by atoms with Gasteiger partial charge >= 0.3 is 0 Å². The first-order valence-electron chi connectivity index (χ1n) is 7.94. The Morgan fingerprint density at radius 1 is 0.652 bits per heavy atom. The summed E-state index contributed by atoms with van der Waals surface area (Å²) in [4.78, 5) is 20.6. The molecule has 0 aliphatic heterocycles. The van der Waals surface area contributed by atoms with Gasteiger partial charge in [0, 0.05) is 12.8 Å². The lowest BCUT2D eigenvalue weighted by Gasteiger charge is -1.90. The molecule has 23 heavy (non-hydrogen) atoms. The number of rotatable bonds is 4. The van der Waals surface area contributed by atoms with Crippen LogP contribution < -0.4 is 0 Å². The molecule has 2 nitrogen and oxygen atoms in total. The first kappa shape index (κ1) is 20.8. The zero-order chi connectivity index (χ0) is 17.5. The first-order valence-corrected chi connectivity index (χ1v) is 7.94. The van der Waals surface area contributed by atoms with Crippen molar-refractivity contribution in [3.63, 3.8) is 0 Å². The molecule has 0 N–H and O–H groups in total. The number of ketones is 2. The molecule has 0 amide bonds. The molecule has 2 aromatic carbocycles. The lowest BCUT2D eigenvalue weighted by molar-refractivity contribution is -0.118. The van der Waals surface area contributed by atoms with E-state index in [9.17, 15) is 9.59 Å². The van der Waals surface area contributed by atoms with E-state index < -0.39 is 0 Å². The topological polar surface area (TPSA) is 34.1 Å². The van der Waals surface area contributed by atoms with Gasteiger partial charge in [-0.1, -0.05) is 71.8 Å². The minimum absolute atomic E-state index is 0.163. The van der Waals surface area contributed by atoms with Crippen LogP contribution >= 0.6 is 0 Å². The number of hydrogen-bond acceptors (Lipinski definition) is 2. The molecule has 0 aliphatic rings. The Bertz CT molecular complexity index is 493. The fraction of sp³-hybridized carbons (Fsp3) is 0.333. The molecule has 0 heterocycles. The normalized spacial score (nSPS) is 8.87. The lowest BCUT2D eigenvalue weighted by atomic mass is 10.1. The van der Waals surface area contributed by atoms with Gasteiger partial charge in [0.05, 0.1) is 0 Å². The number of Topliss-reactive ketones (excluding diaryl/α,β-unsaturated/α-hetero) is 2. The zero-order valence-corrected chi connectivity index (χ0v) is 14.7. The van der Waals surface area contributed by atoms with E-state index in [1.54, 1.807) is 13.8 Å². The highest BCUT2D eigenvalue weighted by atomic mass is 16.1. The molecule has 0 radical (unpaired) electrons. The largest absolute Gasteiger partial charge is 0.300 e. The van der Waals surface area contributed by atoms with E-state index in [1.807, 2.05) is 36.4 Å². The summed E-state index contributed by atoms with van der Waals surface area (Å²) in [6.45, 7) is 7.25. The second kappa shape index (κ2) is 13.4. The second-order valence-corrected chi connectivity index (χ2v) is 5.57. The average Bonchev–Trinajstić information content (AvgIpc) is 2.49. The van der Waals surface area contributed by atoms with Crippen LogP contribution in [0.5, 0.6) is 0 Å². The monoisotopic (exact) mass is 312 g/mol. The van der Waals surface area contributed by atoms with Crippen LogP contribution in [-0.2, 0) is 9.59 Å². The third-order valence-electron chi connectivity index (χ3n) is 2.94. The van der Waals surface area contributed by atoms with Crippen molar-refractivity contribution >= 4 is 11.6 Å². The van der Waals surface area contributed by atoms with E-state index >= 15 is 0 Å². The predicted octanol–water partition coefficient (Wildman–Crippen LogP) is 5.32. The summed E-state index contributed by atoms with van der Waals surface area (Å²) in [5, 5.41) is 0. The molecule has 2 heteroatoms. The summed E-state index contributed by atoms with van der Waals surface area (Å²) in [6, 6.07) is 20.5. The molecule has 124 valence electrons. The van der Waals surface area contributed by atoms with Gasteiger partial charge in [-0.15, -0.1) is 0 Å². The van der Waals surface area contributed by atoms with Crippen LogP contribution in [0.2, 0.25) is 0 Å². The summed E-state index contributed by atoms with van der Waals surface area (Å²) >= 11 is 0. The van der Waals surface area contributed by atoms with Crippen LogP contribution in [0.3, 0.4) is 0 Å². The Kier molecular flexibility index (Phi) is 12.1. The van der Waals surface area contributed by atoms with Crippen molar-refractivity contribution in [1.82, 2.24) is 0 Å². The van der Waals surface area contributed by atoms with E-state index in [0.717, 1.165) is 0 Å². The second-order valence-electron chi connectivity index (χ2n) is 5.57. The highest BCUT2D eigenvalue weighted by molar-refractivity contribution is 5.78. The van der Waals surface area contributed by atoms with Crippen molar-refractivity contribution in [2.24, 2.45) is 0 Å². The summed E-state index contributed by atoms with van der Waals surface area (Å²) in [5.41, 5.74) is 2.64. The molecule has 2 aromatic rings. The fourth-order valence-corrected chi connectivity index (χ4v) is 1.66. The van der Waals surface area contributed by atoms with Gasteiger partial charge in [-0.05, 0) is 34.1 Å². The van der Waals surface area contributed by atoms with Crippen molar-refractivity contribution in [1.29, 1.82) is 0 Å². The Labute approximate surface area is 140 Å². The maximum absolute atomic E-state index is 10.3. The Hall–Kier alpha value is -2.22. The van der Waals surface area contributed by atoms with Gasteiger partial charge in [0.1, 0.15) is 11.6 Å². The number of benzene rings is 2. The van der Waals surface area contributed by atoms with Gasteiger partial charge < -0.3 is 9.59 Å². The zero-order valence-electron chi connectivity index (χ0n) is 14.7. The number of hydrogen-bond donors (Lipinski definition) is 0. The maximum Gasteiger partial charge on any atom is 0.129 e. The number of carbonyl (C=O) groups excluding carboxylic acids is 2. The fourth-order valence-electron chi connectivity index (χ4n) is 1.66. The molecular weight excluding hydrogens is 284 g/mol. The smallest absolute Gasteiger partial charge is 0.129 e. The number of carbonyl (C=O) groups is 2. The number of aryl methyl sites for hydroxylation is 2. The molecule has 0 aromatic heterocycles. The molecule has 0 atom stereocenters. The minimum atomic E-state index is 0.163. The summed E-state index contributed by atoms with van der Waals surface area (Å²) in [7, 11) is 0. The van der Waals surface area contributed by atoms with E-state index in [-0.39, 0.29) is 11.6 Å². The summed E-state index contributed by atoms with van der Waals surface area (Å²) < 4.78 is 0. The summed E-state index contributed by atoms with van der Waals surface area (Å²) in [6.07, 6.45) is 1.80. The van der Waals surface area contributed by atoms with Gasteiger partial charge in [0.2, 0.25) is 0 Å². The summed E-state index contributed by atoms with van der Waals surface area (Å²) in [5.74, 6) is 0.326. The van der Waals surface area contributed by atoms with Gasteiger partial charge in [-0.3, -0.25) is 0 Å². The van der Waals surface area contributed by atoms with Crippen LogP contribution in [-0.4, -0.2) is 11.6 Å². The van der Waals surface area contributed by atoms with Gasteiger partial charge in [0.25, 0.3) is 0 Å². The van der Waals surface area contributed by atoms with Crippen LogP contribution in [0.1, 0.15) is 44.2 Å². The highest BCUT2D eigenvalue weighted by Gasteiger charge is 1.95. The van der Waals surface area contributed by atoms with Crippen LogP contribution in [0.4, 0.5) is 0 Å². The lowest BCUT2D eigenvalue weighted by Crippen LogP contribution is -1.93. The molecule has 0 saturated heterocycles. The predicted molar refractivity (Wildman–Crippen MR) is 97.6 cm³/mol. The van der Waals surface area contributed by atoms with Crippen molar-refractivity contribution in [2.75, 3.05) is 0 Å². The first-order chi connectivity index (χ1) is 10.9. The van der Waals surface area contributed by atoms with E-state index in [0.29, 0.717) is 19.3 Å². The van der Waals surface area contributed by atoms with E-state index in [4.69, 9.17) is 0 Å². The minimum Gasteiger partial charge on any atom is -0.300 e. The Balaban J connectivity index is 0.000000318. The molecular formula is C21H28O2. The van der Waals surface area contributed by atoms with E-state index in [1.165, 1.54) is 11.1 Å². The SMILES string of the molecule is CC(=O)CCCC(C)=O.Cc1ccccc1.Cc1ccccc1. The third kappa shape index (κ3) is 16.0.